The van der Waals surface area contributed by atoms with E-state index < -0.39 is 10.0 Å². The van der Waals surface area contributed by atoms with E-state index in [1.807, 2.05) is 30.3 Å². The lowest BCUT2D eigenvalue weighted by Gasteiger charge is -2.32. The third kappa shape index (κ3) is 4.61. The fraction of sp³-hybridized carbons (Fsp3) is 0.435. The zero-order chi connectivity index (χ0) is 21.8. The van der Waals surface area contributed by atoms with Crippen molar-refractivity contribution in [2.45, 2.75) is 24.2 Å². The summed E-state index contributed by atoms with van der Waals surface area (Å²) in [6.45, 7) is 3.54. The van der Waals surface area contributed by atoms with E-state index in [1.165, 1.54) is 4.31 Å². The smallest absolute Gasteiger partial charge is 0.260 e. The van der Waals surface area contributed by atoms with Crippen LogP contribution in [0, 0.1) is 0 Å². The van der Waals surface area contributed by atoms with Crippen LogP contribution in [0.4, 0.5) is 11.4 Å². The minimum absolute atomic E-state index is 0.177. The van der Waals surface area contributed by atoms with Crippen molar-refractivity contribution in [1.29, 1.82) is 0 Å². The second-order valence-corrected chi connectivity index (χ2v) is 9.88. The van der Waals surface area contributed by atoms with Crippen LogP contribution in [0.15, 0.2) is 53.4 Å². The van der Waals surface area contributed by atoms with Crippen LogP contribution in [0.3, 0.4) is 0 Å². The van der Waals surface area contributed by atoms with Gasteiger partial charge in [0.1, 0.15) is 0 Å². The number of amides is 1. The first kappa shape index (κ1) is 21.8. The summed E-state index contributed by atoms with van der Waals surface area (Å²) < 4.78 is 33.5. The number of morpholine rings is 1. The summed E-state index contributed by atoms with van der Waals surface area (Å²) in [5.74, 6) is -0.233. The molecule has 0 radical (unpaired) electrons. The molecular formula is C23H29N3O4S. The first-order valence-corrected chi connectivity index (χ1v) is 12.2. The Bertz CT molecular complexity index is 1010. The number of piperidine rings is 1. The van der Waals surface area contributed by atoms with Gasteiger partial charge in [0.2, 0.25) is 10.0 Å². The van der Waals surface area contributed by atoms with Crippen LogP contribution >= 0.6 is 0 Å². The largest absolute Gasteiger partial charge is 0.378 e. The maximum absolute atomic E-state index is 13.5. The van der Waals surface area contributed by atoms with Crippen molar-refractivity contribution < 1.29 is 17.9 Å². The second-order valence-electron chi connectivity index (χ2n) is 7.94. The molecule has 0 spiro atoms. The molecule has 2 heterocycles. The number of hydrogen-bond donors (Lipinski definition) is 0. The molecule has 0 aliphatic carbocycles. The summed E-state index contributed by atoms with van der Waals surface area (Å²) in [6, 6.07) is 14.3. The van der Waals surface area contributed by atoms with Gasteiger partial charge in [0.05, 0.1) is 23.7 Å². The molecular weight excluding hydrogens is 414 g/mol. The number of hydrogen-bond acceptors (Lipinski definition) is 5. The molecule has 7 nitrogen and oxygen atoms in total. The number of para-hydroxylation sites is 1. The van der Waals surface area contributed by atoms with Gasteiger partial charge in [-0.3, -0.25) is 4.79 Å². The van der Waals surface area contributed by atoms with Gasteiger partial charge in [-0.15, -0.1) is 0 Å². The Morgan fingerprint density at radius 3 is 2.29 bits per heavy atom. The number of rotatable bonds is 5. The minimum atomic E-state index is -3.64. The quantitative estimate of drug-likeness (QED) is 0.711. The van der Waals surface area contributed by atoms with Gasteiger partial charge in [-0.05, 0) is 43.2 Å². The lowest BCUT2D eigenvalue weighted by Crippen LogP contribution is -2.39. The molecule has 0 N–H and O–H groups in total. The van der Waals surface area contributed by atoms with E-state index in [0.717, 1.165) is 30.6 Å². The van der Waals surface area contributed by atoms with Gasteiger partial charge in [-0.25, -0.2) is 8.42 Å². The summed E-state index contributed by atoms with van der Waals surface area (Å²) in [6.07, 6.45) is 2.79. The Hall–Kier alpha value is -2.42. The summed E-state index contributed by atoms with van der Waals surface area (Å²) in [7, 11) is -1.92. The number of sulfonamides is 1. The molecule has 2 aliphatic rings. The Morgan fingerprint density at radius 2 is 1.61 bits per heavy atom. The number of ether oxygens (including phenoxy) is 1. The van der Waals surface area contributed by atoms with E-state index in [-0.39, 0.29) is 10.8 Å². The van der Waals surface area contributed by atoms with Crippen molar-refractivity contribution in [2.24, 2.45) is 0 Å². The first-order valence-electron chi connectivity index (χ1n) is 10.8. The normalized spacial score (nSPS) is 18.0. The highest BCUT2D eigenvalue weighted by Gasteiger charge is 2.29. The molecule has 2 aromatic rings. The van der Waals surface area contributed by atoms with Crippen molar-refractivity contribution in [3.05, 3.63) is 54.1 Å². The fourth-order valence-electron chi connectivity index (χ4n) is 4.13. The number of anilines is 2. The van der Waals surface area contributed by atoms with Gasteiger partial charge >= 0.3 is 0 Å². The molecule has 2 aliphatic heterocycles. The van der Waals surface area contributed by atoms with Crippen molar-refractivity contribution in [1.82, 2.24) is 4.31 Å². The van der Waals surface area contributed by atoms with E-state index in [0.29, 0.717) is 45.0 Å². The van der Waals surface area contributed by atoms with Crippen LogP contribution in [0.25, 0.3) is 0 Å². The van der Waals surface area contributed by atoms with Crippen LogP contribution < -0.4 is 9.80 Å². The Kier molecular flexibility index (Phi) is 6.60. The highest BCUT2D eigenvalue weighted by molar-refractivity contribution is 7.89. The maximum Gasteiger partial charge on any atom is 0.260 e. The molecule has 2 fully saturated rings. The summed E-state index contributed by atoms with van der Waals surface area (Å²) >= 11 is 0. The minimum Gasteiger partial charge on any atom is -0.378 e. The SMILES string of the molecule is CN(C(=O)c1cc(S(=O)(=O)N2CCCCC2)ccc1N1CCOCC1)c1ccccc1. The second kappa shape index (κ2) is 9.38. The third-order valence-corrected chi connectivity index (χ3v) is 7.85. The van der Waals surface area contributed by atoms with Crippen molar-refractivity contribution in [3.63, 3.8) is 0 Å². The zero-order valence-corrected chi connectivity index (χ0v) is 18.7. The van der Waals surface area contributed by atoms with Gasteiger partial charge in [0.15, 0.2) is 0 Å². The molecule has 1 amide bonds. The highest BCUT2D eigenvalue weighted by Crippen LogP contribution is 2.29. The number of carbonyl (C=O) groups is 1. The van der Waals surface area contributed by atoms with Crippen LogP contribution in [-0.2, 0) is 14.8 Å². The molecule has 0 aromatic heterocycles. The van der Waals surface area contributed by atoms with Crippen LogP contribution in [-0.4, -0.2) is 65.1 Å². The highest BCUT2D eigenvalue weighted by atomic mass is 32.2. The number of nitrogens with zero attached hydrogens (tertiary/aromatic N) is 3. The van der Waals surface area contributed by atoms with Crippen molar-refractivity contribution >= 4 is 27.3 Å². The molecule has 2 aromatic carbocycles. The van der Waals surface area contributed by atoms with E-state index in [4.69, 9.17) is 4.74 Å². The molecule has 166 valence electrons. The molecule has 8 heteroatoms. The van der Waals surface area contributed by atoms with E-state index in [2.05, 4.69) is 4.90 Å². The topological polar surface area (TPSA) is 70.2 Å². The van der Waals surface area contributed by atoms with Crippen molar-refractivity contribution in [2.75, 3.05) is 56.2 Å². The van der Waals surface area contributed by atoms with Crippen LogP contribution in [0.2, 0.25) is 0 Å². The van der Waals surface area contributed by atoms with Gasteiger partial charge in [-0.2, -0.15) is 4.31 Å². The van der Waals surface area contributed by atoms with Gasteiger partial charge in [0.25, 0.3) is 5.91 Å². The van der Waals surface area contributed by atoms with E-state index in [9.17, 15) is 13.2 Å². The standard InChI is InChI=1S/C23H29N3O4S/c1-24(19-8-4-2-5-9-19)23(27)21-18-20(31(28,29)26-12-6-3-7-13-26)10-11-22(21)25-14-16-30-17-15-25/h2,4-5,8-11,18H,3,6-7,12-17H2,1H3. The van der Waals surface area contributed by atoms with Crippen molar-refractivity contribution in [3.8, 4) is 0 Å². The molecule has 0 bridgehead atoms. The summed E-state index contributed by atoms with van der Waals surface area (Å²) in [5, 5.41) is 0. The zero-order valence-electron chi connectivity index (χ0n) is 17.9. The maximum atomic E-state index is 13.5. The summed E-state index contributed by atoms with van der Waals surface area (Å²) in [4.78, 5) is 17.4. The lowest BCUT2D eigenvalue weighted by molar-refractivity contribution is 0.0991. The molecule has 0 unspecified atom stereocenters. The summed E-state index contributed by atoms with van der Waals surface area (Å²) in [5.41, 5.74) is 1.89. The Balaban J connectivity index is 1.74. The van der Waals surface area contributed by atoms with E-state index >= 15 is 0 Å². The first-order chi connectivity index (χ1) is 15.0. The molecule has 31 heavy (non-hydrogen) atoms. The molecule has 0 atom stereocenters. The lowest BCUT2D eigenvalue weighted by atomic mass is 10.1. The average molecular weight is 444 g/mol. The third-order valence-electron chi connectivity index (χ3n) is 5.95. The number of carbonyl (C=O) groups excluding carboxylic acids is 1. The van der Waals surface area contributed by atoms with Gasteiger partial charge in [-0.1, -0.05) is 24.6 Å². The van der Waals surface area contributed by atoms with Crippen LogP contribution in [0.5, 0.6) is 0 Å². The molecule has 4 rings (SSSR count). The van der Waals surface area contributed by atoms with Gasteiger partial charge in [0, 0.05) is 44.6 Å². The molecule has 0 saturated carbocycles. The predicted octanol–water partition coefficient (Wildman–Crippen LogP) is 2.97. The van der Waals surface area contributed by atoms with Crippen LogP contribution in [0.1, 0.15) is 29.6 Å². The molecule has 2 saturated heterocycles. The Labute approximate surface area is 184 Å². The number of benzene rings is 2. The predicted molar refractivity (Wildman–Crippen MR) is 121 cm³/mol. The average Bonchev–Trinajstić information content (AvgIpc) is 2.84. The fourth-order valence-corrected chi connectivity index (χ4v) is 5.67. The van der Waals surface area contributed by atoms with Gasteiger partial charge < -0.3 is 14.5 Å². The van der Waals surface area contributed by atoms with E-state index in [1.54, 1.807) is 30.1 Å². The monoisotopic (exact) mass is 443 g/mol. The Morgan fingerprint density at radius 1 is 0.935 bits per heavy atom.